The average Bonchev–Trinajstić information content (AvgIpc) is 3.41. The van der Waals surface area contributed by atoms with E-state index < -0.39 is 0 Å². The third-order valence-corrected chi connectivity index (χ3v) is 6.77. The number of benzene rings is 1. The molecule has 29 heavy (non-hydrogen) atoms. The van der Waals surface area contributed by atoms with Crippen molar-refractivity contribution in [2.75, 3.05) is 19.6 Å². The maximum atomic E-state index is 6.35. The fourth-order valence-electron chi connectivity index (χ4n) is 4.29. The molecule has 0 bridgehead atoms. The smallest absolute Gasteiger partial charge is 0.0502 e. The van der Waals surface area contributed by atoms with Gasteiger partial charge >= 0.3 is 0 Å². The van der Waals surface area contributed by atoms with Crippen molar-refractivity contribution in [3.05, 3.63) is 64.7 Å². The lowest BCUT2D eigenvalue weighted by molar-refractivity contribution is 0.222. The Kier molecular flexibility index (Phi) is 5.40. The van der Waals surface area contributed by atoms with Crippen LogP contribution in [0.5, 0.6) is 0 Å². The minimum atomic E-state index is 0.784. The van der Waals surface area contributed by atoms with Crippen LogP contribution in [0.25, 0.3) is 33.2 Å². The number of fused-ring (bicyclic) bond motifs is 1. The standard InChI is InChI=1S/C24H24ClN3S/c25-21-4-5-22-23(20-12-19(14-26-15-20)18-6-11-29-17-18)16-28(24(22)13-21)10-9-27-7-2-1-3-8-27/h4-6,11-17H,1-3,7-10H2. The maximum absolute atomic E-state index is 6.35. The lowest BCUT2D eigenvalue weighted by Gasteiger charge is -2.26. The van der Waals surface area contributed by atoms with Crippen LogP contribution in [0, 0.1) is 0 Å². The van der Waals surface area contributed by atoms with Crippen LogP contribution in [0.15, 0.2) is 59.7 Å². The van der Waals surface area contributed by atoms with Gasteiger partial charge in [0.15, 0.2) is 0 Å². The molecule has 1 aromatic carbocycles. The van der Waals surface area contributed by atoms with E-state index >= 15 is 0 Å². The van der Waals surface area contributed by atoms with E-state index in [4.69, 9.17) is 11.6 Å². The summed E-state index contributed by atoms with van der Waals surface area (Å²) in [7, 11) is 0. The topological polar surface area (TPSA) is 21.1 Å². The third-order valence-electron chi connectivity index (χ3n) is 5.85. The number of rotatable bonds is 5. The van der Waals surface area contributed by atoms with E-state index in [-0.39, 0.29) is 0 Å². The highest BCUT2D eigenvalue weighted by atomic mass is 35.5. The van der Waals surface area contributed by atoms with Crippen molar-refractivity contribution in [3.8, 4) is 22.3 Å². The monoisotopic (exact) mass is 421 g/mol. The molecule has 1 fully saturated rings. The Balaban J connectivity index is 1.51. The molecule has 148 valence electrons. The molecular weight excluding hydrogens is 398 g/mol. The molecule has 0 unspecified atom stereocenters. The summed E-state index contributed by atoms with van der Waals surface area (Å²) in [4.78, 5) is 7.11. The van der Waals surface area contributed by atoms with Gasteiger partial charge in [0.2, 0.25) is 0 Å². The summed E-state index contributed by atoms with van der Waals surface area (Å²) >= 11 is 8.07. The molecule has 0 spiro atoms. The predicted molar refractivity (Wildman–Crippen MR) is 124 cm³/mol. The summed E-state index contributed by atoms with van der Waals surface area (Å²) in [5, 5.41) is 6.29. The van der Waals surface area contributed by atoms with Gasteiger partial charge in [0.25, 0.3) is 0 Å². The first-order valence-corrected chi connectivity index (χ1v) is 11.6. The van der Waals surface area contributed by atoms with Gasteiger partial charge in [-0.25, -0.2) is 0 Å². The Morgan fingerprint density at radius 2 is 1.79 bits per heavy atom. The summed E-state index contributed by atoms with van der Waals surface area (Å²) in [5.41, 5.74) is 5.95. The molecule has 0 amide bonds. The molecule has 0 aliphatic carbocycles. The SMILES string of the molecule is Clc1ccc2c(-c3cncc(-c4ccsc4)c3)cn(CCN3CCCCC3)c2c1. The van der Waals surface area contributed by atoms with Gasteiger partial charge in [0.05, 0.1) is 5.52 Å². The molecule has 1 saturated heterocycles. The molecule has 3 nitrogen and oxygen atoms in total. The summed E-state index contributed by atoms with van der Waals surface area (Å²) < 4.78 is 2.36. The summed E-state index contributed by atoms with van der Waals surface area (Å²) in [6.45, 7) is 4.51. The molecule has 5 rings (SSSR count). The zero-order valence-electron chi connectivity index (χ0n) is 16.4. The molecule has 1 aliphatic heterocycles. The molecule has 0 radical (unpaired) electrons. The predicted octanol–water partition coefficient (Wildman–Crippen LogP) is 6.57. The third kappa shape index (κ3) is 3.97. The zero-order chi connectivity index (χ0) is 19.6. The van der Waals surface area contributed by atoms with Gasteiger partial charge in [-0.15, -0.1) is 0 Å². The minimum absolute atomic E-state index is 0.784. The Morgan fingerprint density at radius 1 is 0.931 bits per heavy atom. The summed E-state index contributed by atoms with van der Waals surface area (Å²) in [5.74, 6) is 0. The minimum Gasteiger partial charge on any atom is -0.346 e. The normalized spacial score (nSPS) is 15.2. The number of likely N-dealkylation sites (tertiary alicyclic amines) is 1. The molecule has 5 heteroatoms. The second-order valence-corrected chi connectivity index (χ2v) is 8.99. The first kappa shape index (κ1) is 18.9. The molecule has 4 heterocycles. The Morgan fingerprint density at radius 3 is 2.62 bits per heavy atom. The van der Waals surface area contributed by atoms with Crippen molar-refractivity contribution in [2.24, 2.45) is 0 Å². The highest BCUT2D eigenvalue weighted by Crippen LogP contribution is 2.34. The number of aromatic nitrogens is 2. The first-order valence-electron chi connectivity index (χ1n) is 10.3. The van der Waals surface area contributed by atoms with Crippen molar-refractivity contribution >= 4 is 33.8 Å². The van der Waals surface area contributed by atoms with Crippen LogP contribution < -0.4 is 0 Å². The molecule has 3 aromatic heterocycles. The summed E-state index contributed by atoms with van der Waals surface area (Å²) in [6, 6.07) is 10.6. The second kappa shape index (κ2) is 8.31. The van der Waals surface area contributed by atoms with Gasteiger partial charge in [-0.2, -0.15) is 11.3 Å². The van der Waals surface area contributed by atoms with E-state index in [1.807, 2.05) is 18.5 Å². The van der Waals surface area contributed by atoms with Crippen molar-refractivity contribution in [2.45, 2.75) is 25.8 Å². The summed E-state index contributed by atoms with van der Waals surface area (Å²) in [6.07, 6.45) is 10.2. The highest BCUT2D eigenvalue weighted by Gasteiger charge is 2.14. The van der Waals surface area contributed by atoms with Crippen molar-refractivity contribution < 1.29 is 0 Å². The van der Waals surface area contributed by atoms with Gasteiger partial charge in [-0.05, 0) is 66.5 Å². The molecular formula is C24H24ClN3S. The van der Waals surface area contributed by atoms with Gasteiger partial charge in [0, 0.05) is 58.8 Å². The number of hydrogen-bond acceptors (Lipinski definition) is 3. The van der Waals surface area contributed by atoms with Gasteiger partial charge in [-0.1, -0.05) is 24.1 Å². The second-order valence-electron chi connectivity index (χ2n) is 7.77. The van der Waals surface area contributed by atoms with Crippen molar-refractivity contribution in [1.82, 2.24) is 14.5 Å². The number of halogens is 1. The largest absolute Gasteiger partial charge is 0.346 e. The highest BCUT2D eigenvalue weighted by molar-refractivity contribution is 7.08. The van der Waals surface area contributed by atoms with Crippen molar-refractivity contribution in [1.29, 1.82) is 0 Å². The molecule has 0 atom stereocenters. The van der Waals surface area contributed by atoms with Crippen molar-refractivity contribution in [3.63, 3.8) is 0 Å². The fourth-order valence-corrected chi connectivity index (χ4v) is 5.12. The zero-order valence-corrected chi connectivity index (χ0v) is 17.9. The van der Waals surface area contributed by atoms with Crippen LogP contribution in [-0.2, 0) is 6.54 Å². The van der Waals surface area contributed by atoms with Gasteiger partial charge in [-0.3, -0.25) is 4.98 Å². The number of thiophene rings is 1. The number of pyridine rings is 1. The quantitative estimate of drug-likeness (QED) is 0.363. The van der Waals surface area contributed by atoms with Gasteiger partial charge in [0.1, 0.15) is 0 Å². The Labute approximate surface area is 180 Å². The van der Waals surface area contributed by atoms with Gasteiger partial charge < -0.3 is 9.47 Å². The van der Waals surface area contributed by atoms with Crippen LogP contribution in [0.4, 0.5) is 0 Å². The number of hydrogen-bond donors (Lipinski definition) is 0. The fraction of sp³-hybridized carbons (Fsp3) is 0.292. The van der Waals surface area contributed by atoms with E-state index in [1.54, 1.807) is 11.3 Å². The van der Waals surface area contributed by atoms with E-state index in [0.717, 1.165) is 29.2 Å². The first-order chi connectivity index (χ1) is 14.3. The van der Waals surface area contributed by atoms with E-state index in [2.05, 4.69) is 55.7 Å². The Bertz CT molecular complexity index is 1110. The lowest BCUT2D eigenvalue weighted by atomic mass is 10.0. The maximum Gasteiger partial charge on any atom is 0.0502 e. The molecule has 1 aliphatic rings. The van der Waals surface area contributed by atoms with Crippen LogP contribution in [0.1, 0.15) is 19.3 Å². The van der Waals surface area contributed by atoms with E-state index in [9.17, 15) is 0 Å². The molecule has 0 N–H and O–H groups in total. The number of nitrogens with zero attached hydrogens (tertiary/aromatic N) is 3. The lowest BCUT2D eigenvalue weighted by Crippen LogP contribution is -2.32. The Hall–Kier alpha value is -2.14. The molecule has 0 saturated carbocycles. The van der Waals surface area contributed by atoms with E-state index in [0.29, 0.717) is 0 Å². The number of piperidine rings is 1. The van der Waals surface area contributed by atoms with Crippen LogP contribution in [-0.4, -0.2) is 34.1 Å². The van der Waals surface area contributed by atoms with Crippen LogP contribution in [0.2, 0.25) is 5.02 Å². The molecule has 4 aromatic rings. The van der Waals surface area contributed by atoms with Crippen LogP contribution in [0.3, 0.4) is 0 Å². The van der Waals surface area contributed by atoms with E-state index in [1.165, 1.54) is 54.4 Å². The average molecular weight is 422 g/mol. The van der Waals surface area contributed by atoms with Crippen LogP contribution >= 0.6 is 22.9 Å².